The maximum Gasteiger partial charge on any atom is 0.253 e. The highest BCUT2D eigenvalue weighted by atomic mass is 35.5. The molecule has 3 aromatic rings. The molecule has 1 heterocycles. The molecule has 126 valence electrons. The number of nitrogens with zero attached hydrogens (tertiary/aromatic N) is 1. The molecular weight excluding hydrogens is 341 g/mol. The van der Waals surface area contributed by atoms with E-state index in [1.165, 1.54) is 12.3 Å². The fourth-order valence-electron chi connectivity index (χ4n) is 2.19. The number of halogens is 2. The Labute approximate surface area is 149 Å². The Morgan fingerprint density at radius 3 is 2.48 bits per heavy atom. The molecule has 6 heteroatoms. The molecule has 0 aliphatic rings. The third-order valence-electron chi connectivity index (χ3n) is 3.53. The first kappa shape index (κ1) is 16.9. The molecule has 0 fully saturated rings. The van der Waals surface area contributed by atoms with Gasteiger partial charge in [-0.3, -0.25) is 4.79 Å². The van der Waals surface area contributed by atoms with Gasteiger partial charge in [0.15, 0.2) is 0 Å². The molecule has 25 heavy (non-hydrogen) atoms. The number of aromatic nitrogens is 1. The predicted molar refractivity (Wildman–Crippen MR) is 96.5 cm³/mol. The summed E-state index contributed by atoms with van der Waals surface area (Å²) >= 11 is 5.83. The van der Waals surface area contributed by atoms with Crippen LogP contribution in [0.4, 0.5) is 15.9 Å². The molecule has 0 saturated carbocycles. The maximum absolute atomic E-state index is 13.6. The first-order valence-corrected chi connectivity index (χ1v) is 8.00. The Morgan fingerprint density at radius 1 is 1.04 bits per heavy atom. The summed E-state index contributed by atoms with van der Waals surface area (Å²) < 4.78 is 13.6. The van der Waals surface area contributed by atoms with Gasteiger partial charge in [0, 0.05) is 17.8 Å². The van der Waals surface area contributed by atoms with Crippen LogP contribution in [0.25, 0.3) is 0 Å². The van der Waals surface area contributed by atoms with Gasteiger partial charge in [-0.15, -0.1) is 0 Å². The largest absolute Gasteiger partial charge is 0.348 e. The van der Waals surface area contributed by atoms with Crippen LogP contribution in [0.3, 0.4) is 0 Å². The van der Waals surface area contributed by atoms with Crippen molar-refractivity contribution in [2.24, 2.45) is 0 Å². The SMILES string of the molecule is O=C(NCc1ccc(Cl)cc1)c1ccc(Nc2ccccc2F)nc1. The molecule has 0 atom stereocenters. The zero-order valence-corrected chi connectivity index (χ0v) is 13.9. The van der Waals surface area contributed by atoms with Gasteiger partial charge >= 0.3 is 0 Å². The van der Waals surface area contributed by atoms with Crippen LogP contribution in [0.2, 0.25) is 5.02 Å². The van der Waals surface area contributed by atoms with E-state index in [0.717, 1.165) is 5.56 Å². The lowest BCUT2D eigenvalue weighted by Crippen LogP contribution is -2.22. The topological polar surface area (TPSA) is 54.0 Å². The number of rotatable bonds is 5. The Kier molecular flexibility index (Phi) is 5.26. The van der Waals surface area contributed by atoms with Gasteiger partial charge in [-0.25, -0.2) is 9.37 Å². The molecule has 4 nitrogen and oxygen atoms in total. The van der Waals surface area contributed by atoms with E-state index in [4.69, 9.17) is 11.6 Å². The highest BCUT2D eigenvalue weighted by Gasteiger charge is 2.07. The highest BCUT2D eigenvalue weighted by Crippen LogP contribution is 2.18. The normalized spacial score (nSPS) is 10.3. The van der Waals surface area contributed by atoms with Gasteiger partial charge in [0.1, 0.15) is 11.6 Å². The fraction of sp³-hybridized carbons (Fsp3) is 0.0526. The number of para-hydroxylation sites is 1. The van der Waals surface area contributed by atoms with E-state index in [2.05, 4.69) is 15.6 Å². The first-order valence-electron chi connectivity index (χ1n) is 7.62. The van der Waals surface area contributed by atoms with Crippen LogP contribution in [-0.2, 0) is 6.54 Å². The zero-order chi connectivity index (χ0) is 17.6. The van der Waals surface area contributed by atoms with Gasteiger partial charge < -0.3 is 10.6 Å². The van der Waals surface area contributed by atoms with Crippen LogP contribution in [0.15, 0.2) is 66.9 Å². The minimum absolute atomic E-state index is 0.236. The van der Waals surface area contributed by atoms with E-state index in [1.54, 1.807) is 42.5 Å². The lowest BCUT2D eigenvalue weighted by atomic mass is 10.2. The van der Waals surface area contributed by atoms with Crippen molar-refractivity contribution in [2.75, 3.05) is 5.32 Å². The quantitative estimate of drug-likeness (QED) is 0.706. The summed E-state index contributed by atoms with van der Waals surface area (Å²) in [5, 5.41) is 6.33. The molecule has 3 rings (SSSR count). The highest BCUT2D eigenvalue weighted by molar-refractivity contribution is 6.30. The van der Waals surface area contributed by atoms with Crippen molar-refractivity contribution in [1.29, 1.82) is 0 Å². The number of hydrogen-bond donors (Lipinski definition) is 2. The lowest BCUT2D eigenvalue weighted by molar-refractivity contribution is 0.0950. The zero-order valence-electron chi connectivity index (χ0n) is 13.2. The molecule has 0 saturated heterocycles. The van der Waals surface area contributed by atoms with Crippen LogP contribution in [0.5, 0.6) is 0 Å². The average molecular weight is 356 g/mol. The van der Waals surface area contributed by atoms with Crippen molar-refractivity contribution in [3.63, 3.8) is 0 Å². The summed E-state index contributed by atoms with van der Waals surface area (Å²) in [7, 11) is 0. The molecule has 0 unspecified atom stereocenters. The van der Waals surface area contributed by atoms with E-state index in [0.29, 0.717) is 28.6 Å². The van der Waals surface area contributed by atoms with Gasteiger partial charge in [0.2, 0.25) is 0 Å². The molecule has 0 radical (unpaired) electrons. The van der Waals surface area contributed by atoms with Crippen molar-refractivity contribution >= 4 is 29.0 Å². The standard InChI is InChI=1S/C19H15ClFN3O/c20-15-8-5-13(6-9-15)11-23-19(25)14-7-10-18(22-12-14)24-17-4-2-1-3-16(17)21/h1-10,12H,11H2,(H,22,24)(H,23,25). The molecule has 0 aliphatic heterocycles. The van der Waals surface area contributed by atoms with Crippen LogP contribution < -0.4 is 10.6 Å². The second-order valence-electron chi connectivity index (χ2n) is 5.35. The maximum atomic E-state index is 13.6. The molecule has 1 aromatic heterocycles. The van der Waals surface area contributed by atoms with Gasteiger partial charge in [-0.2, -0.15) is 0 Å². The van der Waals surface area contributed by atoms with Gasteiger partial charge in [0.05, 0.1) is 11.3 Å². The summed E-state index contributed by atoms with van der Waals surface area (Å²) in [5.41, 5.74) is 1.70. The number of benzene rings is 2. The minimum Gasteiger partial charge on any atom is -0.348 e. The van der Waals surface area contributed by atoms with Crippen LogP contribution in [0, 0.1) is 5.82 Å². The Morgan fingerprint density at radius 2 is 1.80 bits per heavy atom. The number of amides is 1. The summed E-state index contributed by atoms with van der Waals surface area (Å²) in [6.07, 6.45) is 1.44. The molecule has 2 aromatic carbocycles. The van der Waals surface area contributed by atoms with Crippen molar-refractivity contribution in [2.45, 2.75) is 6.54 Å². The summed E-state index contributed by atoms with van der Waals surface area (Å²) in [6, 6.07) is 16.8. The smallest absolute Gasteiger partial charge is 0.253 e. The van der Waals surface area contributed by atoms with E-state index >= 15 is 0 Å². The van der Waals surface area contributed by atoms with Crippen molar-refractivity contribution < 1.29 is 9.18 Å². The average Bonchev–Trinajstić information content (AvgIpc) is 2.63. The van der Waals surface area contributed by atoms with Gasteiger partial charge in [-0.05, 0) is 42.0 Å². The number of carbonyl (C=O) groups excluding carboxylic acids is 1. The summed E-state index contributed by atoms with van der Waals surface area (Å²) in [6.45, 7) is 0.394. The van der Waals surface area contributed by atoms with Gasteiger partial charge in [0.25, 0.3) is 5.91 Å². The Hall–Kier alpha value is -2.92. The van der Waals surface area contributed by atoms with Crippen molar-refractivity contribution in [3.05, 3.63) is 88.8 Å². The Bertz CT molecular complexity index is 867. The molecule has 0 aliphatic carbocycles. The van der Waals surface area contributed by atoms with E-state index in [-0.39, 0.29) is 11.7 Å². The minimum atomic E-state index is -0.367. The summed E-state index contributed by atoms with van der Waals surface area (Å²) in [5.74, 6) is -0.145. The third-order valence-corrected chi connectivity index (χ3v) is 3.78. The Balaban J connectivity index is 1.60. The van der Waals surface area contributed by atoms with Crippen LogP contribution in [-0.4, -0.2) is 10.9 Å². The number of carbonyl (C=O) groups is 1. The third kappa shape index (κ3) is 4.55. The molecular formula is C19H15ClFN3O. The second kappa shape index (κ2) is 7.77. The monoisotopic (exact) mass is 355 g/mol. The number of hydrogen-bond acceptors (Lipinski definition) is 3. The van der Waals surface area contributed by atoms with Crippen molar-refractivity contribution in [1.82, 2.24) is 10.3 Å². The predicted octanol–water partition coefficient (Wildman–Crippen LogP) is 4.55. The second-order valence-corrected chi connectivity index (χ2v) is 5.78. The van der Waals surface area contributed by atoms with Crippen LogP contribution >= 0.6 is 11.6 Å². The van der Waals surface area contributed by atoms with E-state index in [9.17, 15) is 9.18 Å². The molecule has 2 N–H and O–H groups in total. The van der Waals surface area contributed by atoms with Crippen LogP contribution in [0.1, 0.15) is 15.9 Å². The molecule has 0 bridgehead atoms. The van der Waals surface area contributed by atoms with Crippen molar-refractivity contribution in [3.8, 4) is 0 Å². The van der Waals surface area contributed by atoms with E-state index in [1.807, 2.05) is 12.1 Å². The first-order chi connectivity index (χ1) is 12.1. The van der Waals surface area contributed by atoms with E-state index < -0.39 is 0 Å². The fourth-order valence-corrected chi connectivity index (χ4v) is 2.32. The molecule has 0 spiro atoms. The number of anilines is 2. The number of pyridine rings is 1. The lowest BCUT2D eigenvalue weighted by Gasteiger charge is -2.08. The molecule has 1 amide bonds. The summed E-state index contributed by atoms with van der Waals surface area (Å²) in [4.78, 5) is 16.3. The van der Waals surface area contributed by atoms with Gasteiger partial charge in [-0.1, -0.05) is 35.9 Å². The number of nitrogens with one attached hydrogen (secondary N) is 2.